The lowest BCUT2D eigenvalue weighted by Gasteiger charge is -2.21. The quantitative estimate of drug-likeness (QED) is 0.207. The fourth-order valence-corrected chi connectivity index (χ4v) is 3.43. The number of hydrogen-bond acceptors (Lipinski definition) is 6. The molecule has 3 unspecified atom stereocenters. The second-order valence-corrected chi connectivity index (χ2v) is 7.65. The van der Waals surface area contributed by atoms with Crippen LogP contribution in [-0.2, 0) is 27.7 Å². The molecule has 142 valence electrons. The van der Waals surface area contributed by atoms with Gasteiger partial charge in [-0.25, -0.2) is 4.57 Å². The van der Waals surface area contributed by atoms with E-state index in [0.29, 0.717) is 6.42 Å². The summed E-state index contributed by atoms with van der Waals surface area (Å²) in [5.41, 5.74) is 0. The van der Waals surface area contributed by atoms with Gasteiger partial charge in [-0.1, -0.05) is 46.5 Å². The molecule has 0 aromatic carbocycles. The van der Waals surface area contributed by atoms with Crippen molar-refractivity contribution in [3.05, 3.63) is 0 Å². The van der Waals surface area contributed by atoms with Gasteiger partial charge in [0.25, 0.3) is 0 Å². The molecular weight excluding hydrogens is 331 g/mol. The first-order valence-electron chi connectivity index (χ1n) is 8.99. The van der Waals surface area contributed by atoms with E-state index in [1.165, 1.54) is 0 Å². The Labute approximate surface area is 146 Å². The lowest BCUT2D eigenvalue weighted by Crippen LogP contribution is -2.13. The second kappa shape index (κ2) is 14.6. The largest absolute Gasteiger partial charge is 0.532 e. The predicted molar refractivity (Wildman–Crippen MR) is 93.7 cm³/mol. The molecule has 0 N–H and O–H groups in total. The van der Waals surface area contributed by atoms with Gasteiger partial charge >= 0.3 is 14.3 Å². The number of carbonyl (C=O) groups excluding carboxylic acids is 2. The zero-order valence-corrected chi connectivity index (χ0v) is 16.2. The summed E-state index contributed by atoms with van der Waals surface area (Å²) in [5, 5.41) is 0. The average Bonchev–Trinajstić information content (AvgIpc) is 2.58. The third-order valence-corrected chi connectivity index (χ3v) is 5.44. The Hall–Kier alpha value is -0.710. The van der Waals surface area contributed by atoms with E-state index in [1.54, 1.807) is 0 Å². The molecule has 0 saturated heterocycles. The summed E-state index contributed by atoms with van der Waals surface area (Å²) < 4.78 is 27.8. The van der Waals surface area contributed by atoms with Crippen LogP contribution in [0.4, 0.5) is 0 Å². The van der Waals surface area contributed by atoms with Crippen molar-refractivity contribution in [1.82, 2.24) is 0 Å². The molecule has 0 rings (SSSR count). The van der Waals surface area contributed by atoms with Gasteiger partial charge in [0.2, 0.25) is 0 Å². The molecule has 0 heterocycles. The molecule has 6 nitrogen and oxygen atoms in total. The Morgan fingerprint density at radius 3 is 1.88 bits per heavy atom. The van der Waals surface area contributed by atoms with Crippen molar-refractivity contribution in [3.63, 3.8) is 0 Å². The van der Waals surface area contributed by atoms with E-state index in [4.69, 9.17) is 9.05 Å². The van der Waals surface area contributed by atoms with E-state index < -0.39 is 7.82 Å². The third kappa shape index (κ3) is 11.0. The topological polar surface area (TPSA) is 78.9 Å². The molecule has 0 radical (unpaired) electrons. The summed E-state index contributed by atoms with van der Waals surface area (Å²) in [6, 6.07) is 0. The van der Waals surface area contributed by atoms with E-state index in [-0.39, 0.29) is 31.5 Å². The van der Waals surface area contributed by atoms with Gasteiger partial charge in [0.1, 0.15) is 6.29 Å². The van der Waals surface area contributed by atoms with Crippen LogP contribution < -0.4 is 0 Å². The first-order chi connectivity index (χ1) is 11.5. The van der Waals surface area contributed by atoms with Gasteiger partial charge in [-0.05, 0) is 31.1 Å². The zero-order chi connectivity index (χ0) is 18.3. The van der Waals surface area contributed by atoms with E-state index in [1.807, 2.05) is 6.92 Å². The van der Waals surface area contributed by atoms with Gasteiger partial charge < -0.3 is 9.32 Å². The minimum Gasteiger partial charge on any atom is -0.373 e. The average molecular weight is 364 g/mol. The van der Waals surface area contributed by atoms with Crippen LogP contribution in [0.1, 0.15) is 72.1 Å². The lowest BCUT2D eigenvalue weighted by molar-refractivity contribution is -0.122. The smallest absolute Gasteiger partial charge is 0.373 e. The first kappa shape index (κ1) is 23.3. The van der Waals surface area contributed by atoms with Crippen molar-refractivity contribution in [3.8, 4) is 0 Å². The van der Waals surface area contributed by atoms with Crippen molar-refractivity contribution in [2.75, 3.05) is 13.2 Å². The highest BCUT2D eigenvalue weighted by Crippen LogP contribution is 2.50. The van der Waals surface area contributed by atoms with Crippen LogP contribution in [0.3, 0.4) is 0 Å². The number of unbranched alkanes of at least 4 members (excludes halogenated alkanes) is 2. The Balaban J connectivity index is 4.47. The van der Waals surface area contributed by atoms with Crippen LogP contribution in [0.2, 0.25) is 0 Å². The van der Waals surface area contributed by atoms with Crippen molar-refractivity contribution >= 4 is 20.6 Å². The number of phosphoric ester groups is 1. The summed E-state index contributed by atoms with van der Waals surface area (Å²) in [7, 11) is -3.86. The first-order valence-corrected chi connectivity index (χ1v) is 10.5. The Morgan fingerprint density at radius 2 is 1.46 bits per heavy atom. The monoisotopic (exact) mass is 364 g/mol. The van der Waals surface area contributed by atoms with Crippen LogP contribution in [0, 0.1) is 11.8 Å². The van der Waals surface area contributed by atoms with Gasteiger partial charge in [-0.15, -0.1) is 0 Å². The van der Waals surface area contributed by atoms with Crippen LogP contribution in [0.15, 0.2) is 0 Å². The molecule has 0 bridgehead atoms. The molecule has 0 saturated carbocycles. The molecule has 24 heavy (non-hydrogen) atoms. The van der Waals surface area contributed by atoms with Crippen LogP contribution >= 0.6 is 7.82 Å². The molecule has 7 heteroatoms. The van der Waals surface area contributed by atoms with Gasteiger partial charge in [-0.3, -0.25) is 13.8 Å². The zero-order valence-electron chi connectivity index (χ0n) is 15.3. The SMILES string of the molecule is CCCCC(CC)COP(=O)(OC=O)OCC(CC)CCCC=O. The standard InChI is InChI=1S/C17H33O6P/c1-4-7-10-16(5-2)13-21-24(20,23-15-19)22-14-17(6-3)11-8-9-12-18/h12,15-17H,4-11,13-14H2,1-3H3. The Morgan fingerprint density at radius 1 is 0.917 bits per heavy atom. The molecule has 3 atom stereocenters. The van der Waals surface area contributed by atoms with Crippen LogP contribution in [0.25, 0.3) is 0 Å². The maximum atomic E-state index is 12.5. The Bertz CT molecular complexity index is 374. The molecule has 0 aliphatic heterocycles. The van der Waals surface area contributed by atoms with Crippen molar-refractivity contribution in [1.29, 1.82) is 0 Å². The minimum atomic E-state index is -3.86. The number of rotatable bonds is 17. The molecule has 0 aromatic heterocycles. The summed E-state index contributed by atoms with van der Waals surface area (Å²) in [5.74, 6) is 0.422. The van der Waals surface area contributed by atoms with Gasteiger partial charge in [-0.2, -0.15) is 0 Å². The van der Waals surface area contributed by atoms with Gasteiger partial charge in [0.05, 0.1) is 13.2 Å². The molecule has 0 spiro atoms. The molecule has 0 amide bonds. The predicted octanol–water partition coefficient (Wildman–Crippen LogP) is 4.91. The van der Waals surface area contributed by atoms with E-state index in [2.05, 4.69) is 18.4 Å². The number of carbonyl (C=O) groups is 2. The summed E-state index contributed by atoms with van der Waals surface area (Å²) in [4.78, 5) is 21.0. The number of phosphoric acid groups is 1. The number of hydrogen-bond donors (Lipinski definition) is 0. The highest BCUT2D eigenvalue weighted by atomic mass is 31.2. The second-order valence-electron chi connectivity index (χ2n) is 6.03. The highest BCUT2D eigenvalue weighted by molar-refractivity contribution is 7.49. The summed E-state index contributed by atoms with van der Waals surface area (Å²) in [6.07, 6.45) is 7.84. The van der Waals surface area contributed by atoms with Gasteiger partial charge in [0, 0.05) is 6.42 Å². The van der Waals surface area contributed by atoms with E-state index in [9.17, 15) is 14.2 Å². The van der Waals surface area contributed by atoms with Crippen molar-refractivity contribution in [2.45, 2.75) is 72.1 Å². The Kier molecular flexibility index (Phi) is 14.2. The van der Waals surface area contributed by atoms with E-state index in [0.717, 1.165) is 51.2 Å². The maximum absolute atomic E-state index is 12.5. The van der Waals surface area contributed by atoms with Crippen molar-refractivity contribution in [2.24, 2.45) is 11.8 Å². The fourth-order valence-electron chi connectivity index (χ4n) is 2.34. The van der Waals surface area contributed by atoms with Crippen molar-refractivity contribution < 1.29 is 27.7 Å². The highest BCUT2D eigenvalue weighted by Gasteiger charge is 2.30. The molecule has 0 aliphatic rings. The normalized spacial score (nSPS) is 16.1. The lowest BCUT2D eigenvalue weighted by atomic mass is 10.0. The van der Waals surface area contributed by atoms with Crippen LogP contribution in [-0.4, -0.2) is 26.0 Å². The molecule has 0 fully saturated rings. The van der Waals surface area contributed by atoms with E-state index >= 15 is 0 Å². The fraction of sp³-hybridized carbons (Fsp3) is 0.882. The third-order valence-electron chi connectivity index (χ3n) is 4.16. The summed E-state index contributed by atoms with van der Waals surface area (Å²) >= 11 is 0. The molecule has 0 aliphatic carbocycles. The van der Waals surface area contributed by atoms with Gasteiger partial charge in [0.15, 0.2) is 0 Å². The number of aldehydes is 1. The molecular formula is C17H33O6P. The van der Waals surface area contributed by atoms with Crippen LogP contribution in [0.5, 0.6) is 0 Å². The summed E-state index contributed by atoms with van der Waals surface area (Å²) in [6.45, 7) is 6.72. The maximum Gasteiger partial charge on any atom is 0.532 e. The minimum absolute atomic E-state index is 0.112. The molecule has 0 aromatic rings.